The zero-order valence-corrected chi connectivity index (χ0v) is 14.6. The molecule has 3 nitrogen and oxygen atoms in total. The normalized spacial score (nSPS) is 17.4. The molecule has 1 amide bonds. The molecule has 1 aliphatic rings. The summed E-state index contributed by atoms with van der Waals surface area (Å²) >= 11 is 6.01. The van der Waals surface area contributed by atoms with E-state index < -0.39 is 5.82 Å². The zero-order valence-electron chi connectivity index (χ0n) is 13.8. The number of benzene rings is 2. The number of hydrogen-bond donors (Lipinski definition) is 0. The Balaban J connectivity index is 1.72. The first-order valence-corrected chi connectivity index (χ1v) is 8.31. The van der Waals surface area contributed by atoms with Crippen LogP contribution in [0.4, 0.5) is 4.39 Å². The standard InChI is InChI=1S/C19H20ClFN2O/c1-22-11-14-6-4-3-5-13(14)9-16(22)12-23(2)19(24)17-8-7-15(21)10-18(17)20/h3-8,10,16H,9,11-12H2,1-2H3/t16-/m1/s1. The Bertz CT molecular complexity index is 765. The average Bonchev–Trinajstić information content (AvgIpc) is 2.55. The maximum atomic E-state index is 13.2. The Morgan fingerprint density at radius 1 is 1.29 bits per heavy atom. The van der Waals surface area contributed by atoms with Crippen LogP contribution in [0.3, 0.4) is 0 Å². The van der Waals surface area contributed by atoms with Crippen molar-refractivity contribution in [2.45, 2.75) is 19.0 Å². The van der Waals surface area contributed by atoms with E-state index in [1.54, 1.807) is 11.9 Å². The van der Waals surface area contributed by atoms with Crippen molar-refractivity contribution >= 4 is 17.5 Å². The van der Waals surface area contributed by atoms with Crippen LogP contribution in [0, 0.1) is 5.82 Å². The van der Waals surface area contributed by atoms with E-state index in [0.717, 1.165) is 13.0 Å². The molecule has 0 radical (unpaired) electrons. The minimum atomic E-state index is -0.442. The largest absolute Gasteiger partial charge is 0.340 e. The third-order valence-corrected chi connectivity index (χ3v) is 4.92. The highest BCUT2D eigenvalue weighted by molar-refractivity contribution is 6.33. The number of hydrogen-bond acceptors (Lipinski definition) is 2. The highest BCUT2D eigenvalue weighted by atomic mass is 35.5. The molecule has 0 saturated heterocycles. The SMILES string of the molecule is CN(C[C@H]1Cc2ccccc2CN1C)C(=O)c1ccc(F)cc1Cl. The molecule has 0 spiro atoms. The Hall–Kier alpha value is -1.91. The molecule has 2 aromatic carbocycles. The van der Waals surface area contributed by atoms with Crippen LogP contribution in [0.25, 0.3) is 0 Å². The Morgan fingerprint density at radius 2 is 2.00 bits per heavy atom. The fourth-order valence-electron chi connectivity index (χ4n) is 3.19. The van der Waals surface area contributed by atoms with Crippen LogP contribution in [-0.2, 0) is 13.0 Å². The van der Waals surface area contributed by atoms with Crippen LogP contribution in [0.2, 0.25) is 5.02 Å². The van der Waals surface area contributed by atoms with Gasteiger partial charge in [-0.05, 0) is 42.8 Å². The van der Waals surface area contributed by atoms with Crippen LogP contribution in [0.1, 0.15) is 21.5 Å². The first kappa shape index (κ1) is 16.9. The predicted molar refractivity (Wildman–Crippen MR) is 93.8 cm³/mol. The van der Waals surface area contributed by atoms with Gasteiger partial charge in [0.1, 0.15) is 5.82 Å². The summed E-state index contributed by atoms with van der Waals surface area (Å²) in [5.74, 6) is -0.630. The van der Waals surface area contributed by atoms with Gasteiger partial charge in [-0.2, -0.15) is 0 Å². The number of fused-ring (bicyclic) bond motifs is 1. The summed E-state index contributed by atoms with van der Waals surface area (Å²) in [7, 11) is 3.83. The van der Waals surface area contributed by atoms with E-state index in [4.69, 9.17) is 11.6 Å². The molecular weight excluding hydrogens is 327 g/mol. The second kappa shape index (κ2) is 6.91. The molecule has 5 heteroatoms. The van der Waals surface area contributed by atoms with E-state index in [-0.39, 0.29) is 17.0 Å². The van der Waals surface area contributed by atoms with E-state index in [1.165, 1.54) is 29.3 Å². The first-order valence-electron chi connectivity index (χ1n) is 7.93. The topological polar surface area (TPSA) is 23.6 Å². The van der Waals surface area contributed by atoms with Gasteiger partial charge in [-0.1, -0.05) is 35.9 Å². The van der Waals surface area contributed by atoms with E-state index in [0.29, 0.717) is 12.1 Å². The molecule has 1 aliphatic heterocycles. The van der Waals surface area contributed by atoms with Gasteiger partial charge < -0.3 is 4.90 Å². The van der Waals surface area contributed by atoms with E-state index in [1.807, 2.05) is 6.07 Å². The lowest BCUT2D eigenvalue weighted by Gasteiger charge is -2.36. The molecule has 0 aromatic heterocycles. The lowest BCUT2D eigenvalue weighted by molar-refractivity contribution is 0.0733. The maximum Gasteiger partial charge on any atom is 0.255 e. The second-order valence-electron chi connectivity index (χ2n) is 6.35. The molecule has 1 heterocycles. The molecule has 0 bridgehead atoms. The van der Waals surface area contributed by atoms with Crippen molar-refractivity contribution in [2.24, 2.45) is 0 Å². The third kappa shape index (κ3) is 3.45. The molecule has 0 unspecified atom stereocenters. The van der Waals surface area contributed by atoms with Gasteiger partial charge >= 0.3 is 0 Å². The molecule has 2 aromatic rings. The van der Waals surface area contributed by atoms with Crippen molar-refractivity contribution in [2.75, 3.05) is 20.6 Å². The molecule has 3 rings (SSSR count). The van der Waals surface area contributed by atoms with Gasteiger partial charge in [-0.3, -0.25) is 9.69 Å². The summed E-state index contributed by atoms with van der Waals surface area (Å²) in [6.45, 7) is 1.47. The van der Waals surface area contributed by atoms with Gasteiger partial charge in [0.05, 0.1) is 10.6 Å². The van der Waals surface area contributed by atoms with Crippen LogP contribution in [0.15, 0.2) is 42.5 Å². The maximum absolute atomic E-state index is 13.2. The monoisotopic (exact) mass is 346 g/mol. The van der Waals surface area contributed by atoms with Gasteiger partial charge in [0, 0.05) is 26.2 Å². The van der Waals surface area contributed by atoms with Crippen molar-refractivity contribution in [3.63, 3.8) is 0 Å². The molecule has 0 fully saturated rings. The van der Waals surface area contributed by atoms with Crippen molar-refractivity contribution in [3.05, 3.63) is 70.0 Å². The fourth-order valence-corrected chi connectivity index (χ4v) is 3.44. The van der Waals surface area contributed by atoms with Crippen LogP contribution in [0.5, 0.6) is 0 Å². The number of likely N-dealkylation sites (N-methyl/N-ethyl adjacent to an activating group) is 2. The summed E-state index contributed by atoms with van der Waals surface area (Å²) in [6.07, 6.45) is 0.904. The molecule has 1 atom stereocenters. The van der Waals surface area contributed by atoms with Crippen molar-refractivity contribution in [1.82, 2.24) is 9.80 Å². The lowest BCUT2D eigenvalue weighted by atomic mass is 9.94. The predicted octanol–water partition coefficient (Wildman–Crippen LogP) is 3.61. The van der Waals surface area contributed by atoms with Gasteiger partial charge in [0.25, 0.3) is 5.91 Å². The summed E-state index contributed by atoms with van der Waals surface area (Å²) in [6, 6.07) is 12.5. The van der Waals surface area contributed by atoms with Crippen LogP contribution in [-0.4, -0.2) is 42.4 Å². The Morgan fingerprint density at radius 3 is 2.71 bits per heavy atom. The van der Waals surface area contributed by atoms with Gasteiger partial charge in [-0.15, -0.1) is 0 Å². The molecule has 0 saturated carbocycles. The summed E-state index contributed by atoms with van der Waals surface area (Å²) < 4.78 is 13.2. The van der Waals surface area contributed by atoms with Crippen LogP contribution < -0.4 is 0 Å². The average molecular weight is 347 g/mol. The third-order valence-electron chi connectivity index (χ3n) is 4.61. The van der Waals surface area contributed by atoms with Crippen molar-refractivity contribution < 1.29 is 9.18 Å². The fraction of sp³-hybridized carbons (Fsp3) is 0.316. The minimum absolute atomic E-state index is 0.147. The Labute approximate surface area is 146 Å². The molecule has 126 valence electrons. The molecule has 24 heavy (non-hydrogen) atoms. The van der Waals surface area contributed by atoms with Gasteiger partial charge in [0.2, 0.25) is 0 Å². The number of nitrogens with zero attached hydrogens (tertiary/aromatic N) is 2. The van der Waals surface area contributed by atoms with E-state index >= 15 is 0 Å². The van der Waals surface area contributed by atoms with E-state index in [2.05, 4.69) is 30.1 Å². The zero-order chi connectivity index (χ0) is 17.3. The number of amides is 1. The summed E-state index contributed by atoms with van der Waals surface area (Å²) in [5, 5.41) is 0.147. The molecular formula is C19H20ClFN2O. The summed E-state index contributed by atoms with van der Waals surface area (Å²) in [5.41, 5.74) is 3.01. The number of rotatable bonds is 3. The number of carbonyl (C=O) groups excluding carboxylic acids is 1. The van der Waals surface area contributed by atoms with Crippen molar-refractivity contribution in [3.8, 4) is 0 Å². The molecule has 0 N–H and O–H groups in total. The molecule has 0 aliphatic carbocycles. The van der Waals surface area contributed by atoms with Crippen molar-refractivity contribution in [1.29, 1.82) is 0 Å². The van der Waals surface area contributed by atoms with Gasteiger partial charge in [-0.25, -0.2) is 4.39 Å². The number of halogens is 2. The van der Waals surface area contributed by atoms with E-state index in [9.17, 15) is 9.18 Å². The number of carbonyl (C=O) groups is 1. The second-order valence-corrected chi connectivity index (χ2v) is 6.76. The minimum Gasteiger partial charge on any atom is -0.340 e. The van der Waals surface area contributed by atoms with Gasteiger partial charge in [0.15, 0.2) is 0 Å². The smallest absolute Gasteiger partial charge is 0.255 e. The Kier molecular flexibility index (Phi) is 4.88. The summed E-state index contributed by atoms with van der Waals surface area (Å²) in [4.78, 5) is 16.5. The van der Waals surface area contributed by atoms with Crippen LogP contribution >= 0.6 is 11.6 Å². The quantitative estimate of drug-likeness (QED) is 0.847. The first-order chi connectivity index (χ1) is 11.5. The highest BCUT2D eigenvalue weighted by Crippen LogP contribution is 2.23. The lowest BCUT2D eigenvalue weighted by Crippen LogP contribution is -2.46. The highest BCUT2D eigenvalue weighted by Gasteiger charge is 2.26.